The molecule has 36 heavy (non-hydrogen) atoms. The molecule has 184 valence electrons. The number of benzene rings is 2. The van der Waals surface area contributed by atoms with Gasteiger partial charge in [-0.2, -0.15) is 0 Å². The summed E-state index contributed by atoms with van der Waals surface area (Å²) in [5.74, 6) is 0.648. The molecule has 10 heteroatoms. The van der Waals surface area contributed by atoms with Crippen LogP contribution in [0.5, 0.6) is 17.2 Å². The average Bonchev–Trinajstić information content (AvgIpc) is 3.27. The van der Waals surface area contributed by atoms with Gasteiger partial charge in [0.05, 0.1) is 0 Å². The third-order valence-electron chi connectivity index (χ3n) is 6.05. The van der Waals surface area contributed by atoms with Gasteiger partial charge in [0.15, 0.2) is 0 Å². The number of hydrogen-bond donors (Lipinski definition) is 3. The van der Waals surface area contributed by atoms with Crippen molar-refractivity contribution in [1.82, 2.24) is 15.3 Å². The zero-order chi connectivity index (χ0) is 24.6. The van der Waals surface area contributed by atoms with Gasteiger partial charge in [0.1, 0.15) is 0 Å². The van der Waals surface area contributed by atoms with Gasteiger partial charge in [0.25, 0.3) is 0 Å². The molecule has 5 heterocycles. The fourth-order valence-electron chi connectivity index (χ4n) is 4.32. The number of amides is 1. The summed E-state index contributed by atoms with van der Waals surface area (Å²) in [6.45, 7) is 0.789. The number of rotatable bonds is 3. The number of aromatic nitrogens is 2. The van der Waals surface area contributed by atoms with Gasteiger partial charge < -0.3 is 0 Å². The number of carbonyl (C=O) groups excluding carboxylic acids is 1. The molecule has 2 aromatic heterocycles. The number of ether oxygens (including phenoxy) is 2. The number of H-pyrrole nitrogens is 1. The van der Waals surface area contributed by atoms with Crippen molar-refractivity contribution >= 4 is 17.3 Å². The fraction of sp³-hybridized carbons (Fsp3) is 0.154. The second kappa shape index (κ2) is 9.34. The van der Waals surface area contributed by atoms with E-state index in [1.165, 1.54) is 13.2 Å². The van der Waals surface area contributed by atoms with Gasteiger partial charge in [0, 0.05) is 0 Å². The Morgan fingerprint density at radius 1 is 1.19 bits per heavy atom. The van der Waals surface area contributed by atoms with E-state index in [0.717, 1.165) is 22.6 Å². The molecular weight excluding hydrogens is 578 g/mol. The van der Waals surface area contributed by atoms with E-state index in [0.29, 0.717) is 41.5 Å². The SMILES string of the molecule is COc1c(F)cccc1Nc1c2[nH]c3c1C(=O)NC[C@H]3[I-]Oc1ccc(cc1)COc1cnccc1-2. The first-order valence-electron chi connectivity index (χ1n) is 11.2. The van der Waals surface area contributed by atoms with Gasteiger partial charge in [0.2, 0.25) is 0 Å². The van der Waals surface area contributed by atoms with E-state index in [9.17, 15) is 9.18 Å². The number of hydrogen-bond acceptors (Lipinski definition) is 6. The Morgan fingerprint density at radius 2 is 2.06 bits per heavy atom. The van der Waals surface area contributed by atoms with Crippen molar-refractivity contribution in [2.75, 3.05) is 19.0 Å². The predicted octanol–water partition coefficient (Wildman–Crippen LogP) is 1.73. The van der Waals surface area contributed by atoms with Crippen molar-refractivity contribution in [2.24, 2.45) is 0 Å². The number of methoxy groups -OCH3 is 1. The molecule has 4 aromatic rings. The van der Waals surface area contributed by atoms with Crippen molar-refractivity contribution in [3.05, 3.63) is 83.6 Å². The second-order valence-electron chi connectivity index (χ2n) is 8.26. The first kappa shape index (κ1) is 22.7. The maximum atomic E-state index is 14.5. The van der Waals surface area contributed by atoms with Crippen LogP contribution < -0.4 is 44.8 Å². The number of anilines is 2. The van der Waals surface area contributed by atoms with Crippen LogP contribution >= 0.6 is 0 Å². The van der Waals surface area contributed by atoms with E-state index in [1.54, 1.807) is 24.5 Å². The summed E-state index contributed by atoms with van der Waals surface area (Å²) < 4.78 is 32.1. The Bertz CT molecular complexity index is 1460. The summed E-state index contributed by atoms with van der Waals surface area (Å²) in [4.78, 5) is 20.9. The van der Waals surface area contributed by atoms with Gasteiger partial charge in [-0.3, -0.25) is 0 Å². The molecule has 0 saturated carbocycles. The van der Waals surface area contributed by atoms with Crippen LogP contribution in [0.2, 0.25) is 0 Å². The molecule has 0 unspecified atom stereocenters. The molecule has 4 bridgehead atoms. The zero-order valence-corrected chi connectivity index (χ0v) is 21.3. The van der Waals surface area contributed by atoms with E-state index in [2.05, 4.69) is 20.6 Å². The summed E-state index contributed by atoms with van der Waals surface area (Å²) in [6.07, 6.45) is 3.32. The predicted molar refractivity (Wildman–Crippen MR) is 127 cm³/mol. The minimum atomic E-state index is -0.830. The number of alkyl halides is 1. The Morgan fingerprint density at radius 3 is 2.89 bits per heavy atom. The summed E-state index contributed by atoms with van der Waals surface area (Å²) in [6, 6.07) is 14.3. The number of nitrogens with one attached hydrogen (secondary N) is 3. The Labute approximate surface area is 217 Å². The molecular formula is C26H21FIN4O4-. The molecule has 0 aliphatic carbocycles. The maximum absolute atomic E-state index is 14.5. The topological polar surface area (TPSA) is 97.5 Å². The summed E-state index contributed by atoms with van der Waals surface area (Å²) in [5.41, 5.74) is 4.48. The van der Waals surface area contributed by atoms with Gasteiger partial charge in [-0.05, 0) is 0 Å². The van der Waals surface area contributed by atoms with E-state index in [-0.39, 0.29) is 15.6 Å². The molecule has 1 amide bonds. The van der Waals surface area contributed by atoms with Crippen molar-refractivity contribution in [1.29, 1.82) is 0 Å². The van der Waals surface area contributed by atoms with Crippen LogP contribution in [0.4, 0.5) is 15.8 Å². The number of para-hydroxylation sites is 1. The third kappa shape index (κ3) is 4.00. The summed E-state index contributed by atoms with van der Waals surface area (Å²) >= 11 is -0.830. The zero-order valence-electron chi connectivity index (χ0n) is 19.1. The second-order valence-corrected chi connectivity index (χ2v) is 10.7. The number of carbonyl (C=O) groups is 1. The third-order valence-corrected chi connectivity index (χ3v) is 8.49. The van der Waals surface area contributed by atoms with Crippen molar-refractivity contribution < 1.29 is 43.3 Å². The number of pyridine rings is 1. The van der Waals surface area contributed by atoms with Crippen LogP contribution in [0.3, 0.4) is 0 Å². The molecule has 8 nitrogen and oxygen atoms in total. The molecule has 3 aliphatic heterocycles. The molecule has 3 aliphatic rings. The van der Waals surface area contributed by atoms with Crippen LogP contribution in [0.25, 0.3) is 11.3 Å². The molecule has 3 N–H and O–H groups in total. The van der Waals surface area contributed by atoms with Crippen LogP contribution in [0.1, 0.15) is 25.5 Å². The van der Waals surface area contributed by atoms with Crippen molar-refractivity contribution in [2.45, 2.75) is 10.5 Å². The normalized spacial score (nSPS) is 16.4. The van der Waals surface area contributed by atoms with E-state index in [1.807, 2.05) is 30.3 Å². The number of halogens is 2. The molecule has 0 spiro atoms. The van der Waals surface area contributed by atoms with Crippen molar-refractivity contribution in [3.63, 3.8) is 0 Å². The van der Waals surface area contributed by atoms with Gasteiger partial charge in [-0.1, -0.05) is 0 Å². The van der Waals surface area contributed by atoms with Gasteiger partial charge in [-0.15, -0.1) is 0 Å². The average molecular weight is 599 g/mol. The monoisotopic (exact) mass is 599 g/mol. The van der Waals surface area contributed by atoms with Crippen molar-refractivity contribution in [3.8, 4) is 28.5 Å². The standard InChI is InChI=1S/C26H21FIN4O4/c1-34-25-17(27)3-2-4-19(25)31-24-21-23-18(11-30-26(21)33)28-36-15-7-5-14(6-8-15)13-35-20-12-29-10-9-16(20)22(24)32-23/h2-10,12,18,31-32H,11,13H2,1H3,(H,30,33)/q-1/t18-/m1/s1. The van der Waals surface area contributed by atoms with E-state index >= 15 is 0 Å². The molecule has 7 rings (SSSR count). The number of fused-ring (bicyclic) bond motifs is 4. The van der Waals surface area contributed by atoms with Crippen LogP contribution in [-0.4, -0.2) is 29.5 Å². The number of nitrogens with zero attached hydrogens (tertiary/aromatic N) is 1. The van der Waals surface area contributed by atoms with E-state index < -0.39 is 27.4 Å². The fourth-order valence-corrected chi connectivity index (χ4v) is 6.34. The first-order chi connectivity index (χ1) is 17.6. The van der Waals surface area contributed by atoms with Crippen LogP contribution in [0, 0.1) is 5.82 Å². The van der Waals surface area contributed by atoms with Crippen LogP contribution in [0.15, 0.2) is 60.9 Å². The Kier molecular flexibility index (Phi) is 5.88. The Hall–Kier alpha value is -3.80. The van der Waals surface area contributed by atoms with Gasteiger partial charge in [-0.25, -0.2) is 0 Å². The first-order valence-corrected chi connectivity index (χ1v) is 13.3. The molecule has 0 fully saturated rings. The van der Waals surface area contributed by atoms with E-state index in [4.69, 9.17) is 12.5 Å². The molecule has 2 aromatic carbocycles. The Balaban J connectivity index is 1.56. The van der Waals surface area contributed by atoms with Gasteiger partial charge >= 0.3 is 217 Å². The minimum absolute atomic E-state index is 0.0333. The summed E-state index contributed by atoms with van der Waals surface area (Å²) in [7, 11) is 1.41. The number of aromatic amines is 1. The molecule has 0 saturated heterocycles. The quantitative estimate of drug-likeness (QED) is 0.245. The molecule has 1 atom stereocenters. The summed E-state index contributed by atoms with van der Waals surface area (Å²) in [5, 5.41) is 6.27. The van der Waals surface area contributed by atoms with Crippen LogP contribution in [-0.2, 0) is 6.61 Å². The molecule has 0 radical (unpaired) electrons.